The van der Waals surface area contributed by atoms with E-state index in [1.807, 2.05) is 0 Å². The molecule has 0 atom stereocenters. The Hall–Kier alpha value is -0.900. The maximum absolute atomic E-state index is 12.9. The average molecular weight is 394 g/mol. The van der Waals surface area contributed by atoms with Crippen molar-refractivity contribution in [3.63, 3.8) is 0 Å². The third-order valence-corrected chi connectivity index (χ3v) is 3.19. The molecular formula is C7H5F11O4S. The summed E-state index contributed by atoms with van der Waals surface area (Å²) in [5.74, 6) is -26.6. The van der Waals surface area contributed by atoms with Crippen LogP contribution >= 0.6 is 0 Å². The summed E-state index contributed by atoms with van der Waals surface area (Å²) in [6.07, 6.45) is 0. The molecule has 0 aliphatic heterocycles. The van der Waals surface area contributed by atoms with Crippen LogP contribution < -0.4 is 0 Å². The number of aliphatic hydroxyl groups excluding tert-OH is 1. The Morgan fingerprint density at radius 2 is 1.09 bits per heavy atom. The first-order valence-electron chi connectivity index (χ1n) is 4.84. The van der Waals surface area contributed by atoms with E-state index in [0.717, 1.165) is 0 Å². The Kier molecular flexibility index (Phi) is 5.64. The molecule has 0 saturated carbocycles. The fourth-order valence-electron chi connectivity index (χ4n) is 0.868. The molecule has 0 unspecified atom stereocenters. The van der Waals surface area contributed by atoms with Gasteiger partial charge < -0.3 is 5.11 Å². The summed E-state index contributed by atoms with van der Waals surface area (Å²) in [7, 11) is -6.87. The molecule has 0 bridgehead atoms. The van der Waals surface area contributed by atoms with Gasteiger partial charge in [0.15, 0.2) is 0 Å². The Balaban J connectivity index is 5.59. The summed E-state index contributed by atoms with van der Waals surface area (Å²) in [5.41, 5.74) is -6.35. The van der Waals surface area contributed by atoms with Crippen molar-refractivity contribution in [3.8, 4) is 0 Å². The van der Waals surface area contributed by atoms with Gasteiger partial charge in [-0.05, 0) is 0 Å². The fraction of sp³-hybridized carbons (Fsp3) is 1.00. The molecule has 0 aromatic rings. The minimum atomic E-state index is -7.06. The van der Waals surface area contributed by atoms with Gasteiger partial charge in [-0.1, -0.05) is 0 Å². The number of hydrogen-bond acceptors (Lipinski definition) is 4. The number of hydrogen-bond donors (Lipinski definition) is 1. The molecular weight excluding hydrogens is 389 g/mol. The van der Waals surface area contributed by atoms with Crippen LogP contribution in [-0.4, -0.2) is 55.9 Å². The van der Waals surface area contributed by atoms with Crippen LogP contribution in [0, 0.1) is 0 Å². The van der Waals surface area contributed by atoms with E-state index in [9.17, 15) is 56.7 Å². The summed E-state index contributed by atoms with van der Waals surface area (Å²) < 4.78 is 160. The lowest BCUT2D eigenvalue weighted by atomic mass is 9.99. The minimum absolute atomic E-state index is 2.46. The number of halogens is 11. The second-order valence-electron chi connectivity index (χ2n) is 3.88. The Morgan fingerprint density at radius 1 is 0.739 bits per heavy atom. The van der Waals surface area contributed by atoms with Crippen molar-refractivity contribution in [2.24, 2.45) is 0 Å². The predicted molar refractivity (Wildman–Crippen MR) is 47.8 cm³/mol. The Labute approximate surface area is 119 Å². The standard InChI is InChI=1S/C7H5F11O4S/c8-3(9,1-19)5(12,13)6(14,15)4(10,11)2-22-23(20,21)7(16,17)18/h19H,1-2H2. The molecule has 23 heavy (non-hydrogen) atoms. The van der Waals surface area contributed by atoms with Gasteiger partial charge >= 0.3 is 39.3 Å². The van der Waals surface area contributed by atoms with Gasteiger partial charge in [-0.3, -0.25) is 4.18 Å². The van der Waals surface area contributed by atoms with Crippen molar-refractivity contribution in [3.05, 3.63) is 0 Å². The summed E-state index contributed by atoms with van der Waals surface area (Å²) in [5, 5.41) is 7.84. The highest BCUT2D eigenvalue weighted by atomic mass is 32.2. The highest BCUT2D eigenvalue weighted by molar-refractivity contribution is 7.87. The van der Waals surface area contributed by atoms with Gasteiger partial charge in [0.05, 0.1) is 0 Å². The molecule has 4 nitrogen and oxygen atoms in total. The molecule has 1 N–H and O–H groups in total. The fourth-order valence-corrected chi connectivity index (χ4v) is 1.30. The topological polar surface area (TPSA) is 63.6 Å². The Bertz CT molecular complexity index is 523. The van der Waals surface area contributed by atoms with Crippen LogP contribution in [0.2, 0.25) is 0 Å². The zero-order valence-corrected chi connectivity index (χ0v) is 11.0. The number of alkyl halides is 11. The molecule has 0 rings (SSSR count). The summed E-state index contributed by atoms with van der Waals surface area (Å²) >= 11 is 0. The van der Waals surface area contributed by atoms with E-state index in [0.29, 0.717) is 0 Å². The van der Waals surface area contributed by atoms with E-state index in [1.165, 1.54) is 0 Å². The molecule has 0 saturated heterocycles. The third-order valence-electron chi connectivity index (χ3n) is 2.19. The smallest absolute Gasteiger partial charge is 0.390 e. The summed E-state index contributed by atoms with van der Waals surface area (Å²) in [6.45, 7) is -6.51. The maximum atomic E-state index is 12.9. The molecule has 0 aliphatic rings. The molecule has 0 heterocycles. The molecule has 0 fully saturated rings. The van der Waals surface area contributed by atoms with E-state index >= 15 is 0 Å². The van der Waals surface area contributed by atoms with Crippen LogP contribution in [0.1, 0.15) is 0 Å². The molecule has 0 spiro atoms. The average Bonchev–Trinajstić information content (AvgIpc) is 2.34. The second kappa shape index (κ2) is 5.87. The van der Waals surface area contributed by atoms with Crippen molar-refractivity contribution in [1.29, 1.82) is 0 Å². The van der Waals surface area contributed by atoms with E-state index in [4.69, 9.17) is 5.11 Å². The lowest BCUT2D eigenvalue weighted by Gasteiger charge is -2.35. The Morgan fingerprint density at radius 3 is 1.39 bits per heavy atom. The molecule has 0 aromatic carbocycles. The molecule has 0 aromatic heterocycles. The number of rotatable bonds is 7. The lowest BCUT2D eigenvalue weighted by molar-refractivity contribution is -0.372. The van der Waals surface area contributed by atoms with Gasteiger partial charge in [0.1, 0.15) is 13.2 Å². The SMILES string of the molecule is O=S(=O)(OCC(F)(F)C(F)(F)C(F)(F)C(F)(F)CO)C(F)(F)F. The first-order valence-corrected chi connectivity index (χ1v) is 6.25. The van der Waals surface area contributed by atoms with E-state index in [2.05, 4.69) is 4.18 Å². The second-order valence-corrected chi connectivity index (χ2v) is 5.48. The normalized spacial score (nSPS) is 15.8. The first kappa shape index (κ1) is 22.1. The molecule has 0 amide bonds. The van der Waals surface area contributed by atoms with Crippen LogP contribution in [-0.2, 0) is 14.3 Å². The van der Waals surface area contributed by atoms with Gasteiger partial charge in [0.25, 0.3) is 0 Å². The molecule has 0 radical (unpaired) electrons. The van der Waals surface area contributed by atoms with Crippen molar-refractivity contribution in [2.75, 3.05) is 13.2 Å². The van der Waals surface area contributed by atoms with Crippen molar-refractivity contribution in [1.82, 2.24) is 0 Å². The van der Waals surface area contributed by atoms with Crippen LogP contribution in [0.25, 0.3) is 0 Å². The zero-order valence-electron chi connectivity index (χ0n) is 10.2. The quantitative estimate of drug-likeness (QED) is 0.409. The third kappa shape index (κ3) is 3.78. The van der Waals surface area contributed by atoms with E-state index < -0.39 is 52.5 Å². The van der Waals surface area contributed by atoms with Gasteiger partial charge in [0, 0.05) is 0 Å². The zero-order chi connectivity index (χ0) is 19.1. The van der Waals surface area contributed by atoms with Crippen molar-refractivity contribution < 1.29 is 66.0 Å². The van der Waals surface area contributed by atoms with Crippen LogP contribution in [0.15, 0.2) is 0 Å². The van der Waals surface area contributed by atoms with Gasteiger partial charge in [0.2, 0.25) is 0 Å². The van der Waals surface area contributed by atoms with Crippen LogP contribution in [0.3, 0.4) is 0 Å². The van der Waals surface area contributed by atoms with Gasteiger partial charge in [-0.15, -0.1) is 0 Å². The van der Waals surface area contributed by atoms with E-state index in [-0.39, 0.29) is 0 Å². The van der Waals surface area contributed by atoms with Gasteiger partial charge in [-0.2, -0.15) is 56.7 Å². The maximum Gasteiger partial charge on any atom is 0.523 e. The predicted octanol–water partition coefficient (Wildman–Crippen LogP) is 2.39. The van der Waals surface area contributed by atoms with Crippen LogP contribution in [0.4, 0.5) is 48.3 Å². The van der Waals surface area contributed by atoms with E-state index in [1.54, 1.807) is 0 Å². The van der Waals surface area contributed by atoms with Crippen LogP contribution in [0.5, 0.6) is 0 Å². The highest BCUT2D eigenvalue weighted by Crippen LogP contribution is 2.52. The first-order chi connectivity index (χ1) is 9.77. The molecule has 0 aliphatic carbocycles. The molecule has 16 heteroatoms. The summed E-state index contributed by atoms with van der Waals surface area (Å²) in [6, 6.07) is 0. The summed E-state index contributed by atoms with van der Waals surface area (Å²) in [4.78, 5) is 0. The van der Waals surface area contributed by atoms with Gasteiger partial charge in [-0.25, -0.2) is 0 Å². The van der Waals surface area contributed by atoms with Crippen molar-refractivity contribution >= 4 is 10.1 Å². The number of aliphatic hydroxyl groups is 1. The minimum Gasteiger partial charge on any atom is -0.390 e. The van der Waals surface area contributed by atoms with Crippen molar-refractivity contribution in [2.45, 2.75) is 29.2 Å². The largest absolute Gasteiger partial charge is 0.523 e. The highest BCUT2D eigenvalue weighted by Gasteiger charge is 2.80. The molecule has 140 valence electrons. The lowest BCUT2D eigenvalue weighted by Crippen LogP contribution is -2.64. The monoisotopic (exact) mass is 394 g/mol.